The maximum atomic E-state index is 12.4. The Kier molecular flexibility index (Phi) is 5.55. The number of hydrogen-bond donors (Lipinski definition) is 2. The fourth-order valence-electron chi connectivity index (χ4n) is 3.24. The summed E-state index contributed by atoms with van der Waals surface area (Å²) in [5.41, 5.74) is 12.3. The molecule has 0 radical (unpaired) electrons. The quantitative estimate of drug-likeness (QED) is 0.489. The van der Waals surface area contributed by atoms with E-state index < -0.39 is 0 Å². The molecule has 10 nitrogen and oxygen atoms in total. The minimum absolute atomic E-state index is 0.0138. The molecule has 1 fully saturated rings. The maximum absolute atomic E-state index is 12.4. The van der Waals surface area contributed by atoms with Crippen LogP contribution in [0, 0.1) is 6.92 Å². The van der Waals surface area contributed by atoms with E-state index in [1.807, 2.05) is 23.6 Å². The first-order valence-electron chi connectivity index (χ1n) is 9.77. The molecule has 0 aliphatic heterocycles. The molecule has 1 aliphatic carbocycles. The lowest BCUT2D eigenvalue weighted by Crippen LogP contribution is -2.24. The Morgan fingerprint density at radius 2 is 1.90 bits per heavy atom. The molecule has 0 bridgehead atoms. The highest BCUT2D eigenvalue weighted by Crippen LogP contribution is 2.35. The number of rotatable bonds is 3. The van der Waals surface area contributed by atoms with Crippen molar-refractivity contribution in [2.75, 3.05) is 11.5 Å². The molecular weight excluding hydrogens is 420 g/mol. The van der Waals surface area contributed by atoms with Crippen molar-refractivity contribution < 1.29 is 4.52 Å². The van der Waals surface area contributed by atoms with E-state index in [1.165, 1.54) is 6.33 Å². The van der Waals surface area contributed by atoms with Crippen LogP contribution in [-0.2, 0) is 6.42 Å². The Morgan fingerprint density at radius 3 is 2.48 bits per heavy atom. The fourth-order valence-corrected chi connectivity index (χ4v) is 3.49. The van der Waals surface area contributed by atoms with Crippen LogP contribution < -0.4 is 17.0 Å². The largest absolute Gasteiger partial charge is 0.383 e. The van der Waals surface area contributed by atoms with Crippen molar-refractivity contribution in [1.82, 2.24) is 29.7 Å². The number of fused-ring (bicyclic) bond motifs is 1. The van der Waals surface area contributed by atoms with Gasteiger partial charge in [0.1, 0.15) is 29.4 Å². The molecule has 0 amide bonds. The monoisotopic (exact) mass is 440 g/mol. The average molecular weight is 441 g/mol. The van der Waals surface area contributed by atoms with Crippen molar-refractivity contribution in [3.8, 4) is 11.5 Å². The minimum Gasteiger partial charge on any atom is -0.383 e. The normalized spacial score (nSPS) is 13.1. The molecule has 0 saturated heterocycles. The van der Waals surface area contributed by atoms with Crippen LogP contribution in [0.3, 0.4) is 0 Å². The van der Waals surface area contributed by atoms with Gasteiger partial charge < -0.3 is 16.0 Å². The number of benzene rings is 1. The van der Waals surface area contributed by atoms with Gasteiger partial charge in [0.05, 0.1) is 15.9 Å². The Hall–Kier alpha value is -3.53. The molecule has 4 N–H and O–H groups in total. The number of nitrogens with two attached hydrogens (primary N) is 2. The van der Waals surface area contributed by atoms with Gasteiger partial charge in [-0.3, -0.25) is 9.36 Å². The highest BCUT2D eigenvalue weighted by Gasteiger charge is 2.28. The van der Waals surface area contributed by atoms with Gasteiger partial charge in [-0.15, -0.1) is 0 Å². The zero-order valence-corrected chi connectivity index (χ0v) is 17.8. The van der Waals surface area contributed by atoms with Crippen LogP contribution in [0.2, 0.25) is 5.02 Å². The highest BCUT2D eigenvalue weighted by atomic mass is 35.5. The first kappa shape index (κ1) is 20.7. The molecule has 1 saturated carbocycles. The van der Waals surface area contributed by atoms with Gasteiger partial charge in [-0.2, -0.15) is 4.98 Å². The Labute approximate surface area is 182 Å². The van der Waals surface area contributed by atoms with Gasteiger partial charge in [-0.1, -0.05) is 29.7 Å². The first-order valence-corrected chi connectivity index (χ1v) is 10.1. The van der Waals surface area contributed by atoms with Gasteiger partial charge in [-0.05, 0) is 31.9 Å². The van der Waals surface area contributed by atoms with E-state index in [2.05, 4.69) is 25.1 Å². The molecule has 0 atom stereocenters. The van der Waals surface area contributed by atoms with Crippen molar-refractivity contribution in [1.29, 1.82) is 0 Å². The van der Waals surface area contributed by atoms with Crippen molar-refractivity contribution in [3.63, 3.8) is 0 Å². The van der Waals surface area contributed by atoms with Crippen LogP contribution in [0.15, 0.2) is 33.8 Å². The van der Waals surface area contributed by atoms with E-state index in [4.69, 9.17) is 27.6 Å². The molecular formula is C20H21ClN8O2. The molecule has 0 unspecified atom stereocenters. The van der Waals surface area contributed by atoms with Crippen LogP contribution in [0.4, 0.5) is 11.6 Å². The van der Waals surface area contributed by atoms with Gasteiger partial charge >= 0.3 is 0 Å². The van der Waals surface area contributed by atoms with E-state index in [1.54, 1.807) is 13.0 Å². The summed E-state index contributed by atoms with van der Waals surface area (Å²) < 4.78 is 6.74. The first-order chi connectivity index (χ1) is 14.9. The summed E-state index contributed by atoms with van der Waals surface area (Å²) in [5, 5.41) is 4.67. The van der Waals surface area contributed by atoms with Crippen LogP contribution in [-0.4, -0.2) is 29.7 Å². The van der Waals surface area contributed by atoms with Crippen molar-refractivity contribution >= 4 is 34.1 Å². The standard InChI is InChI=1S/C13H13ClN2O.C7H8N6O/c1-2-11-15-10-5-3-4-9(14)12(10)13(17)16(11)8-6-7-8;1-3-12-7(14-13-3)4-5(8)10-2-11-6(4)9/h3-5,8H,2,6-7H2,1H3;2H,1H3,(H4,8,9,10,11). The third kappa shape index (κ3) is 4.06. The predicted molar refractivity (Wildman–Crippen MR) is 118 cm³/mol. The molecule has 3 aromatic heterocycles. The van der Waals surface area contributed by atoms with E-state index >= 15 is 0 Å². The molecule has 5 rings (SSSR count). The van der Waals surface area contributed by atoms with Gasteiger partial charge in [-0.25, -0.2) is 15.0 Å². The Morgan fingerprint density at radius 1 is 1.19 bits per heavy atom. The molecule has 1 aromatic carbocycles. The SMILES string of the molecule is CCc1nc2cccc(Cl)c2c(=O)n1C1CC1.Cc1noc(-c2c(N)ncnc2N)n1. The number of nitrogens with zero attached hydrogens (tertiary/aromatic N) is 6. The second-order valence-corrected chi connectivity index (χ2v) is 7.49. The van der Waals surface area contributed by atoms with E-state index in [-0.39, 0.29) is 23.1 Å². The molecule has 0 spiro atoms. The maximum Gasteiger partial charge on any atom is 0.265 e. The van der Waals surface area contributed by atoms with Crippen LogP contribution in [0.5, 0.6) is 0 Å². The molecule has 160 valence electrons. The molecule has 31 heavy (non-hydrogen) atoms. The predicted octanol–water partition coefficient (Wildman–Crippen LogP) is 2.95. The molecule has 3 heterocycles. The molecule has 11 heteroatoms. The van der Waals surface area contributed by atoms with E-state index in [9.17, 15) is 4.79 Å². The summed E-state index contributed by atoms with van der Waals surface area (Å²) >= 11 is 6.10. The number of hydrogen-bond acceptors (Lipinski definition) is 9. The Balaban J connectivity index is 0.000000152. The van der Waals surface area contributed by atoms with E-state index in [0.717, 1.165) is 25.1 Å². The average Bonchev–Trinajstić information content (AvgIpc) is 3.48. The molecule has 1 aliphatic rings. The topological polar surface area (TPSA) is 152 Å². The number of aryl methyl sites for hydroxylation is 2. The second kappa shape index (κ2) is 8.31. The summed E-state index contributed by atoms with van der Waals surface area (Å²) in [6.45, 7) is 3.72. The van der Waals surface area contributed by atoms with Crippen LogP contribution >= 0.6 is 11.6 Å². The summed E-state index contributed by atoms with van der Waals surface area (Å²) in [7, 11) is 0. The lowest BCUT2D eigenvalue weighted by Gasteiger charge is -2.11. The lowest BCUT2D eigenvalue weighted by atomic mass is 10.2. The van der Waals surface area contributed by atoms with Gasteiger partial charge in [0.15, 0.2) is 5.82 Å². The number of nitrogen functional groups attached to an aromatic ring is 2. The number of aromatic nitrogens is 6. The second-order valence-electron chi connectivity index (χ2n) is 7.09. The highest BCUT2D eigenvalue weighted by molar-refractivity contribution is 6.35. The zero-order chi connectivity index (χ0) is 22.1. The van der Waals surface area contributed by atoms with E-state index in [0.29, 0.717) is 33.4 Å². The summed E-state index contributed by atoms with van der Waals surface area (Å²) in [6.07, 6.45) is 4.20. The van der Waals surface area contributed by atoms with Gasteiger partial charge in [0.25, 0.3) is 11.4 Å². The number of halogens is 1. The lowest BCUT2D eigenvalue weighted by molar-refractivity contribution is 0.425. The zero-order valence-electron chi connectivity index (χ0n) is 17.0. The third-order valence-corrected chi connectivity index (χ3v) is 5.14. The smallest absolute Gasteiger partial charge is 0.265 e. The van der Waals surface area contributed by atoms with Crippen molar-refractivity contribution in [3.05, 3.63) is 51.6 Å². The number of anilines is 2. The van der Waals surface area contributed by atoms with Crippen LogP contribution in [0.25, 0.3) is 22.4 Å². The minimum atomic E-state index is 0.0138. The summed E-state index contributed by atoms with van der Waals surface area (Å²) in [4.78, 5) is 28.6. The summed E-state index contributed by atoms with van der Waals surface area (Å²) in [6, 6.07) is 5.76. The van der Waals surface area contributed by atoms with Crippen molar-refractivity contribution in [2.24, 2.45) is 0 Å². The summed E-state index contributed by atoms with van der Waals surface area (Å²) in [5.74, 6) is 2.05. The van der Waals surface area contributed by atoms with Crippen LogP contribution in [0.1, 0.15) is 37.5 Å². The Bertz CT molecular complexity index is 1290. The fraction of sp³-hybridized carbons (Fsp3) is 0.300. The van der Waals surface area contributed by atoms with Gasteiger partial charge in [0.2, 0.25) is 0 Å². The van der Waals surface area contributed by atoms with Gasteiger partial charge in [0, 0.05) is 12.5 Å². The van der Waals surface area contributed by atoms with Crippen molar-refractivity contribution in [2.45, 2.75) is 39.2 Å². The molecule has 4 aromatic rings. The third-order valence-electron chi connectivity index (χ3n) is 4.83.